The first-order valence-corrected chi connectivity index (χ1v) is 8.91. The molecular weight excluding hydrogens is 256 g/mol. The molecule has 0 aromatic rings. The molecule has 0 aliphatic heterocycles. The van der Waals surface area contributed by atoms with E-state index in [1.165, 1.54) is 83.5 Å². The highest BCUT2D eigenvalue weighted by molar-refractivity contribution is 6.19. The summed E-state index contributed by atoms with van der Waals surface area (Å²) in [6.07, 6.45) is 19.2. The summed E-state index contributed by atoms with van der Waals surface area (Å²) in [6, 6.07) is 0. The van der Waals surface area contributed by atoms with E-state index in [1.807, 2.05) is 0 Å². The lowest BCUT2D eigenvalue weighted by Crippen LogP contribution is -2.00. The van der Waals surface area contributed by atoms with Crippen molar-refractivity contribution < 1.29 is 4.74 Å². The van der Waals surface area contributed by atoms with Crippen LogP contribution in [0.5, 0.6) is 0 Å². The summed E-state index contributed by atoms with van der Waals surface area (Å²) in [5.41, 5.74) is -0.0762. The van der Waals surface area contributed by atoms with Crippen molar-refractivity contribution in [2.45, 2.75) is 102 Å². The number of unbranched alkanes of at least 4 members (excludes halogenated alkanes) is 12. The van der Waals surface area contributed by atoms with Crippen LogP contribution in [0.1, 0.15) is 96.8 Å². The van der Waals surface area contributed by atoms with Gasteiger partial charge in [0.2, 0.25) is 0 Å². The van der Waals surface area contributed by atoms with E-state index in [4.69, 9.17) is 16.3 Å². The largest absolute Gasteiger partial charge is 0.366 e. The van der Waals surface area contributed by atoms with E-state index >= 15 is 0 Å². The van der Waals surface area contributed by atoms with Crippen molar-refractivity contribution in [3.05, 3.63) is 0 Å². The Kier molecular flexibility index (Phi) is 16.5. The Morgan fingerprint density at radius 1 is 0.684 bits per heavy atom. The minimum Gasteiger partial charge on any atom is -0.366 e. The average molecular weight is 291 g/mol. The molecule has 0 aromatic heterocycles. The number of methoxy groups -OCH3 is 1. The van der Waals surface area contributed by atoms with E-state index < -0.39 is 0 Å². The zero-order valence-corrected chi connectivity index (χ0v) is 14.0. The van der Waals surface area contributed by atoms with Gasteiger partial charge in [0.05, 0.1) is 0 Å². The Morgan fingerprint density at radius 3 is 1.42 bits per heavy atom. The molecule has 0 aliphatic carbocycles. The third-order valence-corrected chi connectivity index (χ3v) is 4.19. The maximum atomic E-state index is 5.89. The number of rotatable bonds is 15. The van der Waals surface area contributed by atoms with Crippen molar-refractivity contribution in [3.8, 4) is 0 Å². The van der Waals surface area contributed by atoms with Crippen molar-refractivity contribution in [3.63, 3.8) is 0 Å². The number of hydrogen-bond acceptors (Lipinski definition) is 1. The summed E-state index contributed by atoms with van der Waals surface area (Å²) in [5.74, 6) is 0. The molecule has 1 unspecified atom stereocenters. The van der Waals surface area contributed by atoms with Gasteiger partial charge in [-0.1, -0.05) is 95.6 Å². The minimum atomic E-state index is -0.0762. The molecule has 2 heteroatoms. The molecule has 116 valence electrons. The third-order valence-electron chi connectivity index (χ3n) is 3.79. The minimum absolute atomic E-state index is 0.0762. The van der Waals surface area contributed by atoms with Gasteiger partial charge in [-0.3, -0.25) is 0 Å². The molecule has 0 radical (unpaired) electrons. The molecule has 0 spiro atoms. The summed E-state index contributed by atoms with van der Waals surface area (Å²) < 4.78 is 5.02. The topological polar surface area (TPSA) is 9.23 Å². The van der Waals surface area contributed by atoms with Gasteiger partial charge >= 0.3 is 0 Å². The lowest BCUT2D eigenvalue weighted by atomic mass is 10.0. The van der Waals surface area contributed by atoms with E-state index in [1.54, 1.807) is 7.11 Å². The number of ether oxygens (including phenoxy) is 1. The Bertz CT molecular complexity index is 161. The van der Waals surface area contributed by atoms with Crippen LogP contribution in [-0.2, 0) is 4.74 Å². The van der Waals surface area contributed by atoms with Gasteiger partial charge < -0.3 is 4.74 Å². The predicted molar refractivity (Wildman–Crippen MR) is 87.0 cm³/mol. The van der Waals surface area contributed by atoms with Crippen LogP contribution in [0.25, 0.3) is 0 Å². The van der Waals surface area contributed by atoms with Gasteiger partial charge in [-0.2, -0.15) is 0 Å². The Hall–Kier alpha value is 0.250. The Labute approximate surface area is 126 Å². The van der Waals surface area contributed by atoms with Crippen molar-refractivity contribution in [1.82, 2.24) is 0 Å². The van der Waals surface area contributed by atoms with Crippen LogP contribution in [0.2, 0.25) is 0 Å². The van der Waals surface area contributed by atoms with Crippen molar-refractivity contribution in [2.75, 3.05) is 7.11 Å². The van der Waals surface area contributed by atoms with E-state index in [0.717, 1.165) is 6.42 Å². The zero-order chi connectivity index (χ0) is 14.2. The quantitative estimate of drug-likeness (QED) is 0.241. The van der Waals surface area contributed by atoms with Crippen LogP contribution in [0, 0.1) is 0 Å². The van der Waals surface area contributed by atoms with E-state index in [0.29, 0.717) is 0 Å². The van der Waals surface area contributed by atoms with Gasteiger partial charge in [0.1, 0.15) is 5.56 Å². The molecule has 0 aromatic carbocycles. The predicted octanol–water partition coefficient (Wildman–Crippen LogP) is 6.68. The highest BCUT2D eigenvalue weighted by Crippen LogP contribution is 2.14. The van der Waals surface area contributed by atoms with Crippen molar-refractivity contribution in [2.24, 2.45) is 0 Å². The first kappa shape index (κ1) is 19.2. The van der Waals surface area contributed by atoms with E-state index in [2.05, 4.69) is 6.92 Å². The number of hydrogen-bond donors (Lipinski definition) is 0. The highest BCUT2D eigenvalue weighted by Gasteiger charge is 2.00. The molecular formula is C17H35ClO. The average Bonchev–Trinajstić information content (AvgIpc) is 2.43. The molecule has 0 amide bonds. The molecule has 0 aliphatic rings. The maximum absolute atomic E-state index is 5.89. The molecule has 1 atom stereocenters. The third kappa shape index (κ3) is 16.2. The van der Waals surface area contributed by atoms with Crippen LogP contribution >= 0.6 is 11.6 Å². The standard InChI is InChI=1S/C17H35ClO/c1-3-4-5-6-7-8-9-10-11-12-13-14-15-16-17(18)19-2/h17H,3-16H2,1-2H3. The van der Waals surface area contributed by atoms with Crippen molar-refractivity contribution >= 4 is 11.6 Å². The maximum Gasteiger partial charge on any atom is 0.130 e. The molecule has 0 saturated heterocycles. The lowest BCUT2D eigenvalue weighted by Gasteiger charge is -2.06. The van der Waals surface area contributed by atoms with Gasteiger partial charge in [-0.15, -0.1) is 0 Å². The normalized spacial score (nSPS) is 12.8. The van der Waals surface area contributed by atoms with E-state index in [9.17, 15) is 0 Å². The van der Waals surface area contributed by atoms with Gasteiger partial charge in [-0.05, 0) is 12.8 Å². The molecule has 1 nitrogen and oxygen atoms in total. The molecule has 0 bridgehead atoms. The molecule has 19 heavy (non-hydrogen) atoms. The second kappa shape index (κ2) is 16.3. The van der Waals surface area contributed by atoms with E-state index in [-0.39, 0.29) is 5.56 Å². The zero-order valence-electron chi connectivity index (χ0n) is 13.3. The summed E-state index contributed by atoms with van der Waals surface area (Å²) in [7, 11) is 1.68. The molecule has 0 N–H and O–H groups in total. The SMILES string of the molecule is CCCCCCCCCCCCCCCC(Cl)OC. The van der Waals surface area contributed by atoms with Crippen molar-refractivity contribution in [1.29, 1.82) is 0 Å². The molecule has 0 fully saturated rings. The Balaban J connectivity index is 2.95. The highest BCUT2D eigenvalue weighted by atomic mass is 35.5. The molecule has 0 saturated carbocycles. The number of halogens is 1. The fraction of sp³-hybridized carbons (Fsp3) is 1.00. The second-order valence-corrected chi connectivity index (χ2v) is 6.16. The van der Waals surface area contributed by atoms with Crippen LogP contribution < -0.4 is 0 Å². The van der Waals surface area contributed by atoms with Crippen LogP contribution in [0.4, 0.5) is 0 Å². The van der Waals surface area contributed by atoms with Crippen LogP contribution in [0.15, 0.2) is 0 Å². The summed E-state index contributed by atoms with van der Waals surface area (Å²) in [6.45, 7) is 2.28. The van der Waals surface area contributed by atoms with Gasteiger partial charge in [0.25, 0.3) is 0 Å². The van der Waals surface area contributed by atoms with Gasteiger partial charge in [-0.25, -0.2) is 0 Å². The number of alkyl halides is 1. The summed E-state index contributed by atoms with van der Waals surface area (Å²) in [5, 5.41) is 0. The molecule has 0 heterocycles. The summed E-state index contributed by atoms with van der Waals surface area (Å²) in [4.78, 5) is 0. The second-order valence-electron chi connectivity index (χ2n) is 5.68. The van der Waals surface area contributed by atoms with Crippen LogP contribution in [-0.4, -0.2) is 12.7 Å². The van der Waals surface area contributed by atoms with Gasteiger partial charge in [0.15, 0.2) is 0 Å². The van der Waals surface area contributed by atoms with Gasteiger partial charge in [0, 0.05) is 7.11 Å². The Morgan fingerprint density at radius 2 is 1.05 bits per heavy atom. The fourth-order valence-electron chi connectivity index (χ4n) is 2.44. The first-order chi connectivity index (χ1) is 9.31. The summed E-state index contributed by atoms with van der Waals surface area (Å²) >= 11 is 5.89. The first-order valence-electron chi connectivity index (χ1n) is 8.48. The monoisotopic (exact) mass is 290 g/mol. The van der Waals surface area contributed by atoms with Crippen LogP contribution in [0.3, 0.4) is 0 Å². The fourth-order valence-corrected chi connectivity index (χ4v) is 2.59. The lowest BCUT2D eigenvalue weighted by molar-refractivity contribution is 0.157. The molecule has 0 rings (SSSR count). The smallest absolute Gasteiger partial charge is 0.130 e.